The highest BCUT2D eigenvalue weighted by Crippen LogP contribution is 2.27. The molecule has 0 radical (unpaired) electrons. The maximum atomic E-state index is 13.4. The molecule has 36 heavy (non-hydrogen) atoms. The Bertz CT molecular complexity index is 1340. The van der Waals surface area contributed by atoms with Crippen LogP contribution in [0.25, 0.3) is 0 Å². The van der Waals surface area contributed by atoms with E-state index in [1.165, 1.54) is 17.0 Å². The average Bonchev–Trinajstić information content (AvgIpc) is 2.91. The third-order valence-electron chi connectivity index (χ3n) is 5.57. The Balaban J connectivity index is 1.53. The van der Waals surface area contributed by atoms with E-state index in [1.54, 1.807) is 49.8 Å². The number of amides is 2. The molecule has 4 aromatic rings. The third kappa shape index (κ3) is 5.79. The first-order valence-corrected chi connectivity index (χ1v) is 11.2. The Morgan fingerprint density at radius 3 is 2.33 bits per heavy atom. The maximum Gasteiger partial charge on any atom is 0.262 e. The summed E-state index contributed by atoms with van der Waals surface area (Å²) >= 11 is 0. The normalized spacial score (nSPS) is 10.5. The molecule has 2 amide bonds. The molecule has 3 aromatic carbocycles. The van der Waals surface area contributed by atoms with Crippen LogP contribution in [0.2, 0.25) is 0 Å². The number of hydrogen-bond acceptors (Lipinski definition) is 6. The second-order valence-corrected chi connectivity index (χ2v) is 8.03. The predicted octanol–water partition coefficient (Wildman–Crippen LogP) is 4.28. The minimum absolute atomic E-state index is 0.0398. The van der Waals surface area contributed by atoms with Crippen molar-refractivity contribution in [2.24, 2.45) is 0 Å². The van der Waals surface area contributed by atoms with Gasteiger partial charge in [0.1, 0.15) is 17.2 Å². The molecule has 0 saturated carbocycles. The second kappa shape index (κ2) is 11.1. The molecule has 1 heterocycles. The van der Waals surface area contributed by atoms with E-state index in [1.807, 2.05) is 30.3 Å². The standard InChI is InChI=1S/C28H25N3O5/c1-36-24-11-4-19(5-12-24)17-30-27(34)21-6-8-22(9-7-21)31(18-20-3-2-14-29-16-20)28(35)25-13-10-23(32)15-26(25)33/h2-16,32-33H,17-18H2,1H3,(H,30,34). The maximum absolute atomic E-state index is 13.4. The zero-order valence-electron chi connectivity index (χ0n) is 19.6. The molecule has 0 bridgehead atoms. The van der Waals surface area contributed by atoms with Gasteiger partial charge in [0.05, 0.1) is 19.2 Å². The van der Waals surface area contributed by atoms with Crippen LogP contribution in [0.3, 0.4) is 0 Å². The van der Waals surface area contributed by atoms with E-state index in [4.69, 9.17) is 4.74 Å². The highest BCUT2D eigenvalue weighted by atomic mass is 16.5. The molecule has 0 atom stereocenters. The number of rotatable bonds is 8. The number of aromatic nitrogens is 1. The Labute approximate surface area is 208 Å². The fourth-order valence-electron chi connectivity index (χ4n) is 3.62. The van der Waals surface area contributed by atoms with Gasteiger partial charge in [-0.3, -0.25) is 14.6 Å². The van der Waals surface area contributed by atoms with E-state index in [9.17, 15) is 19.8 Å². The largest absolute Gasteiger partial charge is 0.508 e. The summed E-state index contributed by atoms with van der Waals surface area (Å²) in [7, 11) is 1.60. The number of phenols is 2. The van der Waals surface area contributed by atoms with Gasteiger partial charge in [0.25, 0.3) is 11.8 Å². The Kier molecular flexibility index (Phi) is 7.45. The number of methoxy groups -OCH3 is 1. The van der Waals surface area contributed by atoms with Gasteiger partial charge in [-0.15, -0.1) is 0 Å². The molecule has 0 aliphatic heterocycles. The number of hydrogen-bond donors (Lipinski definition) is 3. The lowest BCUT2D eigenvalue weighted by atomic mass is 10.1. The lowest BCUT2D eigenvalue weighted by Gasteiger charge is -2.24. The quantitative estimate of drug-likeness (QED) is 0.345. The first-order valence-electron chi connectivity index (χ1n) is 11.2. The highest BCUT2D eigenvalue weighted by molar-refractivity contribution is 6.08. The monoisotopic (exact) mass is 483 g/mol. The summed E-state index contributed by atoms with van der Waals surface area (Å²) in [5.41, 5.74) is 2.72. The van der Waals surface area contributed by atoms with Crippen molar-refractivity contribution in [2.75, 3.05) is 12.0 Å². The zero-order valence-corrected chi connectivity index (χ0v) is 19.6. The van der Waals surface area contributed by atoms with Crippen molar-refractivity contribution in [3.8, 4) is 17.2 Å². The van der Waals surface area contributed by atoms with E-state index < -0.39 is 5.91 Å². The summed E-state index contributed by atoms with van der Waals surface area (Å²) in [6, 6.07) is 21.5. The summed E-state index contributed by atoms with van der Waals surface area (Å²) in [6.07, 6.45) is 3.29. The second-order valence-electron chi connectivity index (χ2n) is 8.03. The van der Waals surface area contributed by atoms with E-state index in [0.29, 0.717) is 17.8 Å². The third-order valence-corrected chi connectivity index (χ3v) is 5.57. The van der Waals surface area contributed by atoms with Crippen molar-refractivity contribution in [2.45, 2.75) is 13.1 Å². The molecule has 182 valence electrons. The molecule has 3 N–H and O–H groups in total. The Morgan fingerprint density at radius 1 is 0.944 bits per heavy atom. The first-order chi connectivity index (χ1) is 17.4. The van der Waals surface area contributed by atoms with Gasteiger partial charge < -0.3 is 25.2 Å². The van der Waals surface area contributed by atoms with Gasteiger partial charge in [-0.05, 0) is 65.7 Å². The minimum atomic E-state index is -0.465. The minimum Gasteiger partial charge on any atom is -0.508 e. The summed E-state index contributed by atoms with van der Waals surface area (Å²) < 4.78 is 5.14. The summed E-state index contributed by atoms with van der Waals surface area (Å²) in [5.74, 6) is -0.447. The molecule has 8 nitrogen and oxygen atoms in total. The van der Waals surface area contributed by atoms with Gasteiger partial charge >= 0.3 is 0 Å². The topological polar surface area (TPSA) is 112 Å². The van der Waals surface area contributed by atoms with Gasteiger partial charge in [-0.1, -0.05) is 18.2 Å². The first kappa shape index (κ1) is 24.3. The molecule has 0 spiro atoms. The van der Waals surface area contributed by atoms with Crippen LogP contribution in [-0.2, 0) is 13.1 Å². The van der Waals surface area contributed by atoms with Crippen molar-refractivity contribution in [3.05, 3.63) is 114 Å². The molecule has 8 heteroatoms. The van der Waals surface area contributed by atoms with Gasteiger partial charge in [0.2, 0.25) is 0 Å². The smallest absolute Gasteiger partial charge is 0.262 e. The van der Waals surface area contributed by atoms with Crippen molar-refractivity contribution in [1.29, 1.82) is 0 Å². The van der Waals surface area contributed by atoms with E-state index in [0.717, 1.165) is 22.9 Å². The van der Waals surface area contributed by atoms with Crippen LogP contribution in [0.4, 0.5) is 5.69 Å². The predicted molar refractivity (Wildman–Crippen MR) is 135 cm³/mol. The van der Waals surface area contributed by atoms with Crippen LogP contribution in [0.15, 0.2) is 91.3 Å². The van der Waals surface area contributed by atoms with E-state index in [2.05, 4.69) is 10.3 Å². The molecular weight excluding hydrogens is 458 g/mol. The number of carbonyl (C=O) groups excluding carboxylic acids is 2. The van der Waals surface area contributed by atoms with Gasteiger partial charge in [0.15, 0.2) is 0 Å². The fraction of sp³-hybridized carbons (Fsp3) is 0.107. The van der Waals surface area contributed by atoms with Crippen LogP contribution in [0.5, 0.6) is 17.2 Å². The summed E-state index contributed by atoms with van der Waals surface area (Å²) in [4.78, 5) is 31.6. The van der Waals surface area contributed by atoms with E-state index in [-0.39, 0.29) is 29.5 Å². The van der Waals surface area contributed by atoms with Crippen molar-refractivity contribution in [1.82, 2.24) is 10.3 Å². The van der Waals surface area contributed by atoms with Crippen LogP contribution in [-0.4, -0.2) is 34.1 Å². The molecule has 1 aromatic heterocycles. The average molecular weight is 484 g/mol. The van der Waals surface area contributed by atoms with Crippen LogP contribution in [0, 0.1) is 0 Å². The van der Waals surface area contributed by atoms with Crippen molar-refractivity contribution >= 4 is 17.5 Å². The van der Waals surface area contributed by atoms with E-state index >= 15 is 0 Å². The van der Waals surface area contributed by atoms with Gasteiger partial charge in [0, 0.05) is 36.3 Å². The number of pyridine rings is 1. The molecule has 0 unspecified atom stereocenters. The SMILES string of the molecule is COc1ccc(CNC(=O)c2ccc(N(Cc3cccnc3)C(=O)c3ccc(O)cc3O)cc2)cc1. The highest BCUT2D eigenvalue weighted by Gasteiger charge is 2.22. The molecule has 0 aliphatic carbocycles. The molecular formula is C28H25N3O5. The number of anilines is 1. The summed E-state index contributed by atoms with van der Waals surface area (Å²) in [6.45, 7) is 0.548. The van der Waals surface area contributed by atoms with Crippen LogP contribution in [0.1, 0.15) is 31.8 Å². The number of carbonyl (C=O) groups is 2. The molecule has 4 rings (SSSR count). The summed E-state index contributed by atoms with van der Waals surface area (Å²) in [5, 5.41) is 22.7. The lowest BCUT2D eigenvalue weighted by Crippen LogP contribution is -2.30. The molecule has 0 saturated heterocycles. The number of aromatic hydroxyl groups is 2. The Morgan fingerprint density at radius 2 is 1.69 bits per heavy atom. The lowest BCUT2D eigenvalue weighted by molar-refractivity contribution is 0.0949. The molecule has 0 aliphatic rings. The zero-order chi connectivity index (χ0) is 25.5. The number of nitrogens with one attached hydrogen (secondary N) is 1. The number of benzene rings is 3. The Hall–Kier alpha value is -4.85. The number of phenolic OH excluding ortho intramolecular Hbond substituents is 2. The van der Waals surface area contributed by atoms with Gasteiger partial charge in [-0.2, -0.15) is 0 Å². The van der Waals surface area contributed by atoms with Gasteiger partial charge in [-0.25, -0.2) is 0 Å². The fourth-order valence-corrected chi connectivity index (χ4v) is 3.62. The number of ether oxygens (including phenoxy) is 1. The van der Waals surface area contributed by atoms with Crippen molar-refractivity contribution in [3.63, 3.8) is 0 Å². The molecule has 0 fully saturated rings. The van der Waals surface area contributed by atoms with Crippen molar-refractivity contribution < 1.29 is 24.5 Å². The number of nitrogens with zero attached hydrogens (tertiary/aromatic N) is 2. The van der Waals surface area contributed by atoms with Crippen LogP contribution >= 0.6 is 0 Å². The van der Waals surface area contributed by atoms with Crippen LogP contribution < -0.4 is 15.0 Å².